The third-order valence-electron chi connectivity index (χ3n) is 2.10. The second-order valence-electron chi connectivity index (χ2n) is 3.17. The molecule has 3 heteroatoms. The molecule has 0 aromatic heterocycles. The number of allylic oxidation sites excluding steroid dienone is 4. The van der Waals surface area contributed by atoms with E-state index in [2.05, 4.69) is 36.5 Å². The molecule has 0 radical (unpaired) electrons. The van der Waals surface area contributed by atoms with Crippen LogP contribution >= 0.6 is 0 Å². The van der Waals surface area contributed by atoms with Gasteiger partial charge in [0, 0.05) is 18.5 Å². The summed E-state index contributed by atoms with van der Waals surface area (Å²) in [4.78, 5) is 0. The van der Waals surface area contributed by atoms with Crippen LogP contribution < -0.4 is 5.23 Å². The molecule has 0 saturated carbocycles. The molecule has 1 saturated heterocycles. The normalized spacial score (nSPS) is 30.6. The molecule has 0 amide bonds. The van der Waals surface area contributed by atoms with E-state index in [4.69, 9.17) is 4.65 Å². The molecule has 1 atom stereocenters. The summed E-state index contributed by atoms with van der Waals surface area (Å²) in [7, 11) is 0.208. The molecule has 1 fully saturated rings. The van der Waals surface area contributed by atoms with Gasteiger partial charge in [-0.1, -0.05) is 24.3 Å². The lowest BCUT2D eigenvalue weighted by molar-refractivity contribution is 0.344. The Morgan fingerprint density at radius 1 is 1.45 bits per heavy atom. The van der Waals surface area contributed by atoms with Crippen molar-refractivity contribution in [2.75, 3.05) is 6.61 Å². The van der Waals surface area contributed by atoms with Gasteiger partial charge in [0.2, 0.25) is 0 Å². The Balaban J connectivity index is 1.96. The molecule has 2 nitrogen and oxygen atoms in total. The van der Waals surface area contributed by atoms with Gasteiger partial charge in [-0.25, -0.2) is 0 Å². The standard InChI is InChI=1S/C8H12BNO/c1-7-6-11-9(10-7)8-4-2-3-5-8/h2-5,7-8,10H,6H2,1H3. The summed E-state index contributed by atoms with van der Waals surface area (Å²) in [5.74, 6) is 0.444. The smallest absolute Gasteiger partial charge is 0.391 e. The Hall–Kier alpha value is -0.535. The minimum Gasteiger partial charge on any atom is -0.419 e. The first-order chi connectivity index (χ1) is 5.36. The summed E-state index contributed by atoms with van der Waals surface area (Å²) >= 11 is 0. The van der Waals surface area contributed by atoms with Gasteiger partial charge >= 0.3 is 7.05 Å². The monoisotopic (exact) mass is 149 g/mol. The fourth-order valence-electron chi connectivity index (χ4n) is 1.50. The maximum absolute atomic E-state index is 5.54. The topological polar surface area (TPSA) is 21.3 Å². The largest absolute Gasteiger partial charge is 0.419 e. The van der Waals surface area contributed by atoms with Crippen molar-refractivity contribution in [1.29, 1.82) is 0 Å². The second-order valence-corrected chi connectivity index (χ2v) is 3.17. The van der Waals surface area contributed by atoms with E-state index in [0.29, 0.717) is 11.9 Å². The van der Waals surface area contributed by atoms with Crippen LogP contribution in [0.4, 0.5) is 0 Å². The first-order valence-electron chi connectivity index (χ1n) is 4.09. The van der Waals surface area contributed by atoms with Gasteiger partial charge in [0.05, 0.1) is 0 Å². The maximum atomic E-state index is 5.54. The van der Waals surface area contributed by atoms with Crippen LogP contribution in [0.3, 0.4) is 0 Å². The third-order valence-corrected chi connectivity index (χ3v) is 2.10. The summed E-state index contributed by atoms with van der Waals surface area (Å²) < 4.78 is 5.54. The third kappa shape index (κ3) is 1.39. The van der Waals surface area contributed by atoms with Crippen LogP contribution in [0.2, 0.25) is 5.82 Å². The number of hydrogen-bond donors (Lipinski definition) is 1. The van der Waals surface area contributed by atoms with E-state index in [1.165, 1.54) is 0 Å². The van der Waals surface area contributed by atoms with Crippen molar-refractivity contribution in [2.45, 2.75) is 18.8 Å². The van der Waals surface area contributed by atoms with Crippen molar-refractivity contribution in [2.24, 2.45) is 0 Å². The first-order valence-corrected chi connectivity index (χ1v) is 4.09. The molecule has 58 valence electrons. The van der Waals surface area contributed by atoms with Gasteiger partial charge in [-0.3, -0.25) is 0 Å². The van der Waals surface area contributed by atoms with E-state index in [9.17, 15) is 0 Å². The Kier molecular flexibility index (Phi) is 1.84. The minimum absolute atomic E-state index is 0.208. The van der Waals surface area contributed by atoms with Crippen LogP contribution in [0.15, 0.2) is 24.3 Å². The van der Waals surface area contributed by atoms with Crippen molar-refractivity contribution in [3.05, 3.63) is 24.3 Å². The van der Waals surface area contributed by atoms with Gasteiger partial charge in [0.1, 0.15) is 0 Å². The summed E-state index contributed by atoms with van der Waals surface area (Å²) in [6.45, 7) is 2.98. The van der Waals surface area contributed by atoms with E-state index < -0.39 is 0 Å². The van der Waals surface area contributed by atoms with Gasteiger partial charge in [-0.15, -0.1) is 0 Å². The van der Waals surface area contributed by atoms with Crippen molar-refractivity contribution < 1.29 is 4.65 Å². The second kappa shape index (κ2) is 2.84. The lowest BCUT2D eigenvalue weighted by Crippen LogP contribution is -2.35. The van der Waals surface area contributed by atoms with Gasteiger partial charge in [0.25, 0.3) is 0 Å². The van der Waals surface area contributed by atoms with Gasteiger partial charge < -0.3 is 9.88 Å². The van der Waals surface area contributed by atoms with Crippen LogP contribution in [0.1, 0.15) is 6.92 Å². The predicted molar refractivity (Wildman–Crippen MR) is 46.3 cm³/mol. The van der Waals surface area contributed by atoms with E-state index in [0.717, 1.165) is 6.61 Å². The molecule has 11 heavy (non-hydrogen) atoms. The maximum Gasteiger partial charge on any atom is 0.391 e. The molecule has 2 aliphatic rings. The predicted octanol–water partition coefficient (Wildman–Crippen LogP) is 0.979. The minimum atomic E-state index is 0.208. The summed E-state index contributed by atoms with van der Waals surface area (Å²) in [5.41, 5.74) is 0. The Morgan fingerprint density at radius 2 is 2.18 bits per heavy atom. The average molecular weight is 149 g/mol. The molecule has 1 N–H and O–H groups in total. The zero-order chi connectivity index (χ0) is 7.68. The lowest BCUT2D eigenvalue weighted by Gasteiger charge is -2.08. The van der Waals surface area contributed by atoms with Crippen LogP contribution in [-0.4, -0.2) is 19.7 Å². The van der Waals surface area contributed by atoms with E-state index in [-0.39, 0.29) is 7.05 Å². The summed E-state index contributed by atoms with van der Waals surface area (Å²) in [6.07, 6.45) is 8.46. The SMILES string of the molecule is CC1COB(C2C=CC=C2)N1. The fraction of sp³-hybridized carbons (Fsp3) is 0.500. The zero-order valence-corrected chi connectivity index (χ0v) is 6.66. The van der Waals surface area contributed by atoms with Crippen LogP contribution in [0.5, 0.6) is 0 Å². The molecule has 0 spiro atoms. The highest BCUT2D eigenvalue weighted by Crippen LogP contribution is 2.21. The van der Waals surface area contributed by atoms with Crippen LogP contribution in [0, 0.1) is 0 Å². The summed E-state index contributed by atoms with van der Waals surface area (Å²) in [5, 5.41) is 3.37. The molecule has 1 unspecified atom stereocenters. The van der Waals surface area contributed by atoms with E-state index >= 15 is 0 Å². The van der Waals surface area contributed by atoms with Crippen molar-refractivity contribution in [3.8, 4) is 0 Å². The van der Waals surface area contributed by atoms with Crippen molar-refractivity contribution in [3.63, 3.8) is 0 Å². The van der Waals surface area contributed by atoms with E-state index in [1.807, 2.05) is 0 Å². The zero-order valence-electron chi connectivity index (χ0n) is 6.66. The molecule has 2 rings (SSSR count). The summed E-state index contributed by atoms with van der Waals surface area (Å²) in [6, 6.07) is 0.502. The first kappa shape index (κ1) is 7.13. The number of nitrogens with one attached hydrogen (secondary N) is 1. The van der Waals surface area contributed by atoms with E-state index in [1.54, 1.807) is 0 Å². The number of hydrogen-bond acceptors (Lipinski definition) is 2. The quantitative estimate of drug-likeness (QED) is 0.561. The molecular weight excluding hydrogens is 137 g/mol. The van der Waals surface area contributed by atoms with Gasteiger partial charge in [-0.2, -0.15) is 0 Å². The van der Waals surface area contributed by atoms with Crippen LogP contribution in [-0.2, 0) is 4.65 Å². The average Bonchev–Trinajstić information content (AvgIpc) is 2.55. The number of rotatable bonds is 1. The van der Waals surface area contributed by atoms with Crippen LogP contribution in [0.25, 0.3) is 0 Å². The molecule has 1 aliphatic heterocycles. The molecule has 0 aromatic carbocycles. The highest BCUT2D eigenvalue weighted by Gasteiger charge is 2.32. The molecule has 1 aliphatic carbocycles. The van der Waals surface area contributed by atoms with Gasteiger partial charge in [0.15, 0.2) is 0 Å². The molecular formula is C8H12BNO. The molecule has 1 heterocycles. The molecule has 0 aromatic rings. The van der Waals surface area contributed by atoms with Crippen molar-refractivity contribution in [1.82, 2.24) is 5.23 Å². The Labute approximate surface area is 67.4 Å². The molecule has 0 bridgehead atoms. The lowest BCUT2D eigenvalue weighted by atomic mass is 9.68. The Bertz CT molecular complexity index is 190. The highest BCUT2D eigenvalue weighted by atomic mass is 16.5. The Morgan fingerprint density at radius 3 is 2.73 bits per heavy atom. The van der Waals surface area contributed by atoms with Crippen molar-refractivity contribution >= 4 is 7.05 Å². The fourth-order valence-corrected chi connectivity index (χ4v) is 1.50. The highest BCUT2D eigenvalue weighted by molar-refractivity contribution is 6.53. The van der Waals surface area contributed by atoms with Gasteiger partial charge in [-0.05, 0) is 6.92 Å².